The molecule has 2 amide bonds. The fraction of sp³-hybridized carbons (Fsp3) is 0.455. The van der Waals surface area contributed by atoms with Gasteiger partial charge in [-0.1, -0.05) is 37.6 Å². The van der Waals surface area contributed by atoms with Crippen LogP contribution in [-0.4, -0.2) is 42.4 Å². The number of carbonyl (C=O) groups is 2. The molecule has 3 rings (SSSR count). The van der Waals surface area contributed by atoms with Gasteiger partial charge in [0.25, 0.3) is 5.91 Å². The molecule has 1 saturated heterocycles. The van der Waals surface area contributed by atoms with E-state index in [2.05, 4.69) is 15.5 Å². The summed E-state index contributed by atoms with van der Waals surface area (Å²) in [6, 6.07) is 9.94. The first-order valence-electron chi connectivity index (χ1n) is 10.1. The summed E-state index contributed by atoms with van der Waals surface area (Å²) in [7, 11) is 0. The number of likely N-dealkylation sites (tertiary alicyclic amines) is 1. The van der Waals surface area contributed by atoms with E-state index in [-0.39, 0.29) is 23.8 Å². The van der Waals surface area contributed by atoms with E-state index in [0.717, 1.165) is 31.7 Å². The van der Waals surface area contributed by atoms with Gasteiger partial charge < -0.3 is 15.1 Å². The summed E-state index contributed by atoms with van der Waals surface area (Å²) in [6.07, 6.45) is 3.95. The Labute approximate surface area is 176 Å². The van der Waals surface area contributed by atoms with Crippen LogP contribution in [-0.2, 0) is 4.79 Å². The number of benzene rings is 1. The van der Waals surface area contributed by atoms with Gasteiger partial charge in [-0.2, -0.15) is 0 Å². The zero-order chi connectivity index (χ0) is 20.8. The number of halogens is 1. The van der Waals surface area contributed by atoms with Crippen molar-refractivity contribution in [3.05, 3.63) is 59.0 Å². The number of amides is 2. The van der Waals surface area contributed by atoms with Gasteiger partial charge in [0.1, 0.15) is 11.8 Å². The molecule has 2 aromatic rings. The van der Waals surface area contributed by atoms with Gasteiger partial charge in [-0.05, 0) is 56.1 Å². The van der Waals surface area contributed by atoms with Crippen LogP contribution in [0.25, 0.3) is 0 Å². The Bertz CT molecular complexity index is 816. The Morgan fingerprint density at radius 2 is 1.86 bits per heavy atom. The van der Waals surface area contributed by atoms with E-state index in [1.165, 1.54) is 0 Å². The van der Waals surface area contributed by atoms with Crippen LogP contribution in [0.1, 0.15) is 48.8 Å². The maximum absolute atomic E-state index is 12.9. The van der Waals surface area contributed by atoms with Crippen molar-refractivity contribution in [3.63, 3.8) is 0 Å². The van der Waals surface area contributed by atoms with E-state index in [1.54, 1.807) is 30.5 Å². The number of nitrogens with one attached hydrogen (secondary N) is 2. The molecule has 7 heteroatoms. The third kappa shape index (κ3) is 5.40. The van der Waals surface area contributed by atoms with Gasteiger partial charge in [-0.25, -0.2) is 0 Å². The van der Waals surface area contributed by atoms with E-state index in [9.17, 15) is 9.59 Å². The zero-order valence-corrected chi connectivity index (χ0v) is 17.6. The molecule has 2 unspecified atom stereocenters. The Morgan fingerprint density at radius 3 is 2.48 bits per heavy atom. The van der Waals surface area contributed by atoms with Crippen LogP contribution >= 0.6 is 11.6 Å². The molecule has 0 aliphatic carbocycles. The Kier molecular flexibility index (Phi) is 7.34. The monoisotopic (exact) mass is 417 g/mol. The third-order valence-corrected chi connectivity index (χ3v) is 5.61. The lowest BCUT2D eigenvalue weighted by Gasteiger charge is -2.28. The van der Waals surface area contributed by atoms with Gasteiger partial charge in [0, 0.05) is 6.54 Å². The van der Waals surface area contributed by atoms with Crippen molar-refractivity contribution in [2.75, 3.05) is 19.6 Å². The highest BCUT2D eigenvalue weighted by Crippen LogP contribution is 2.25. The van der Waals surface area contributed by atoms with Crippen molar-refractivity contribution in [2.45, 2.75) is 38.8 Å². The molecule has 0 bridgehead atoms. The normalized spacial score (nSPS) is 16.6. The maximum Gasteiger partial charge on any atom is 0.253 e. The molecular weight excluding hydrogens is 390 g/mol. The average Bonchev–Trinajstić information content (AvgIpc) is 3.40. The Balaban J connectivity index is 1.65. The summed E-state index contributed by atoms with van der Waals surface area (Å²) in [5.41, 5.74) is 0.359. The molecule has 2 N–H and O–H groups in total. The van der Waals surface area contributed by atoms with Crippen LogP contribution in [0.15, 0.2) is 47.1 Å². The number of nitrogens with zero attached hydrogens (tertiary/aromatic N) is 1. The molecule has 2 atom stereocenters. The van der Waals surface area contributed by atoms with Crippen molar-refractivity contribution >= 4 is 23.4 Å². The Hall–Kier alpha value is -2.31. The minimum atomic E-state index is -0.658. The van der Waals surface area contributed by atoms with Crippen molar-refractivity contribution in [3.8, 4) is 0 Å². The minimum absolute atomic E-state index is 0.0106. The average molecular weight is 418 g/mol. The number of furan rings is 1. The molecule has 0 spiro atoms. The molecule has 1 fully saturated rings. The summed E-state index contributed by atoms with van der Waals surface area (Å²) in [5.74, 6) is 0.200. The lowest BCUT2D eigenvalue weighted by atomic mass is 10.0. The largest absolute Gasteiger partial charge is 0.468 e. The summed E-state index contributed by atoms with van der Waals surface area (Å²) in [5, 5.41) is 6.20. The van der Waals surface area contributed by atoms with Crippen LogP contribution in [0, 0.1) is 5.92 Å². The molecule has 0 radical (unpaired) electrons. The topological polar surface area (TPSA) is 74.6 Å². The highest BCUT2D eigenvalue weighted by atomic mass is 35.5. The van der Waals surface area contributed by atoms with Crippen LogP contribution in [0.5, 0.6) is 0 Å². The van der Waals surface area contributed by atoms with Crippen molar-refractivity contribution in [1.29, 1.82) is 0 Å². The number of carbonyl (C=O) groups excluding carboxylic acids is 2. The second kappa shape index (κ2) is 9.94. The first-order valence-corrected chi connectivity index (χ1v) is 10.5. The first-order chi connectivity index (χ1) is 14.0. The van der Waals surface area contributed by atoms with E-state index < -0.39 is 6.04 Å². The molecule has 0 saturated carbocycles. The van der Waals surface area contributed by atoms with Gasteiger partial charge in [-0.15, -0.1) is 0 Å². The van der Waals surface area contributed by atoms with E-state index >= 15 is 0 Å². The molecular formula is C22H28ClN3O3. The van der Waals surface area contributed by atoms with Gasteiger partial charge >= 0.3 is 0 Å². The summed E-state index contributed by atoms with van der Waals surface area (Å²) in [4.78, 5) is 27.9. The fourth-order valence-electron chi connectivity index (χ4n) is 3.65. The standard InChI is InChI=1S/C22H28ClN3O3/c1-15(2)20(25-21(27)16-8-3-4-9-17(16)23)22(28)24-14-18(19-10-7-13-29-19)26-11-5-6-12-26/h3-4,7-10,13,15,18,20H,5-6,11-12,14H2,1-2H3,(H,24,28)(H,25,27). The SMILES string of the molecule is CC(C)C(NC(=O)c1ccccc1Cl)C(=O)NCC(c1ccco1)N1CCCC1. The predicted molar refractivity (Wildman–Crippen MR) is 113 cm³/mol. The Morgan fingerprint density at radius 1 is 1.14 bits per heavy atom. The molecule has 29 heavy (non-hydrogen) atoms. The summed E-state index contributed by atoms with van der Waals surface area (Å²) < 4.78 is 5.61. The van der Waals surface area contributed by atoms with E-state index in [0.29, 0.717) is 17.1 Å². The van der Waals surface area contributed by atoms with Crippen LogP contribution < -0.4 is 10.6 Å². The van der Waals surface area contributed by atoms with Crippen molar-refractivity contribution in [1.82, 2.24) is 15.5 Å². The number of rotatable bonds is 8. The smallest absolute Gasteiger partial charge is 0.253 e. The van der Waals surface area contributed by atoms with Gasteiger partial charge in [0.2, 0.25) is 5.91 Å². The molecule has 1 aliphatic heterocycles. The molecule has 156 valence electrons. The van der Waals surface area contributed by atoms with Crippen molar-refractivity contribution < 1.29 is 14.0 Å². The highest BCUT2D eigenvalue weighted by molar-refractivity contribution is 6.33. The summed E-state index contributed by atoms with van der Waals surface area (Å²) >= 11 is 6.12. The van der Waals surface area contributed by atoms with Crippen LogP contribution in [0.3, 0.4) is 0 Å². The van der Waals surface area contributed by atoms with Gasteiger partial charge in [-0.3, -0.25) is 14.5 Å². The molecule has 1 aromatic heterocycles. The first kappa shape index (κ1) is 21.4. The molecule has 6 nitrogen and oxygen atoms in total. The van der Waals surface area contributed by atoms with Crippen molar-refractivity contribution in [2.24, 2.45) is 5.92 Å². The van der Waals surface area contributed by atoms with Gasteiger partial charge in [0.05, 0.1) is 22.9 Å². The second-order valence-corrected chi connectivity index (χ2v) is 8.10. The zero-order valence-electron chi connectivity index (χ0n) is 16.9. The van der Waals surface area contributed by atoms with Gasteiger partial charge in [0.15, 0.2) is 0 Å². The number of hydrogen-bond donors (Lipinski definition) is 2. The molecule has 1 aromatic carbocycles. The summed E-state index contributed by atoms with van der Waals surface area (Å²) in [6.45, 7) is 6.21. The van der Waals surface area contributed by atoms with E-state index in [4.69, 9.17) is 16.0 Å². The van der Waals surface area contributed by atoms with E-state index in [1.807, 2.05) is 26.0 Å². The minimum Gasteiger partial charge on any atom is -0.468 e. The molecule has 1 aliphatic rings. The van der Waals surface area contributed by atoms with Crippen LogP contribution in [0.4, 0.5) is 0 Å². The second-order valence-electron chi connectivity index (χ2n) is 7.69. The lowest BCUT2D eigenvalue weighted by molar-refractivity contribution is -0.124. The predicted octanol–water partition coefficient (Wildman–Crippen LogP) is 3.64. The number of hydrogen-bond acceptors (Lipinski definition) is 4. The maximum atomic E-state index is 12.9. The fourth-order valence-corrected chi connectivity index (χ4v) is 3.87. The van der Waals surface area contributed by atoms with Crippen LogP contribution in [0.2, 0.25) is 5.02 Å². The lowest BCUT2D eigenvalue weighted by Crippen LogP contribution is -2.51. The highest BCUT2D eigenvalue weighted by Gasteiger charge is 2.29. The molecule has 2 heterocycles. The quantitative estimate of drug-likeness (QED) is 0.687. The third-order valence-electron chi connectivity index (χ3n) is 5.28.